The van der Waals surface area contributed by atoms with Crippen LogP contribution in [0.5, 0.6) is 0 Å². The van der Waals surface area contributed by atoms with Gasteiger partial charge in [0.2, 0.25) is 0 Å². The van der Waals surface area contributed by atoms with Crippen molar-refractivity contribution in [1.29, 1.82) is 0 Å². The zero-order valence-corrected chi connectivity index (χ0v) is 11.3. The third-order valence-corrected chi connectivity index (χ3v) is 2.99. The fourth-order valence-electron chi connectivity index (χ4n) is 1.90. The van der Waals surface area contributed by atoms with Crippen molar-refractivity contribution in [3.8, 4) is 0 Å². The minimum Gasteiger partial charge on any atom is -0.295 e. The number of hydrogen-bond acceptors (Lipinski definition) is 2. The lowest BCUT2D eigenvalue weighted by molar-refractivity contribution is 0.101. The molecule has 1 heterocycles. The molecule has 1 rings (SSSR count). The molecule has 0 atom stereocenters. The lowest BCUT2D eigenvalue weighted by atomic mass is 10.1. The monoisotopic (exact) mass is 233 g/mol. The molecular weight excluding hydrogens is 210 g/mol. The zero-order valence-electron chi connectivity index (χ0n) is 11.3. The molecule has 1 aromatic rings. The van der Waals surface area contributed by atoms with Crippen molar-refractivity contribution in [2.24, 2.45) is 0 Å². The number of carbonyl (C=O) groups excluding carboxylic acids is 1. The summed E-state index contributed by atoms with van der Waals surface area (Å²) in [5, 5.41) is 0. The van der Waals surface area contributed by atoms with Crippen LogP contribution in [0.4, 0.5) is 0 Å². The molecule has 0 aliphatic heterocycles. The van der Waals surface area contributed by atoms with Crippen LogP contribution in [0, 0.1) is 0 Å². The van der Waals surface area contributed by atoms with Gasteiger partial charge in [0.05, 0.1) is 0 Å². The first-order valence-corrected chi connectivity index (χ1v) is 6.68. The maximum absolute atomic E-state index is 11.4. The van der Waals surface area contributed by atoms with E-state index in [1.165, 1.54) is 25.7 Å². The van der Waals surface area contributed by atoms with E-state index in [-0.39, 0.29) is 5.78 Å². The SMILES string of the molecule is CCCCCCc1cc(C(C)=O)cc(CC)n1. The highest BCUT2D eigenvalue weighted by Crippen LogP contribution is 2.11. The van der Waals surface area contributed by atoms with E-state index in [9.17, 15) is 4.79 Å². The second kappa shape index (κ2) is 7.21. The molecule has 17 heavy (non-hydrogen) atoms. The number of Topliss-reactive ketones (excluding diaryl/α,β-unsaturated/α-hetero) is 1. The zero-order chi connectivity index (χ0) is 12.7. The van der Waals surface area contributed by atoms with Gasteiger partial charge in [0.1, 0.15) is 0 Å². The van der Waals surface area contributed by atoms with Gasteiger partial charge in [-0.05, 0) is 38.3 Å². The van der Waals surface area contributed by atoms with E-state index in [2.05, 4.69) is 18.8 Å². The van der Waals surface area contributed by atoms with Crippen LogP contribution in [0.1, 0.15) is 68.2 Å². The predicted octanol–water partition coefficient (Wildman–Crippen LogP) is 3.97. The van der Waals surface area contributed by atoms with Gasteiger partial charge in [0, 0.05) is 17.0 Å². The standard InChI is InChI=1S/C15H23NO/c1-4-6-7-8-9-15-11-13(12(3)17)10-14(5-2)16-15/h10-11H,4-9H2,1-3H3. The van der Waals surface area contributed by atoms with E-state index in [0.29, 0.717) is 0 Å². The van der Waals surface area contributed by atoms with Crippen LogP contribution < -0.4 is 0 Å². The Morgan fingerprint density at radius 1 is 1.12 bits per heavy atom. The predicted molar refractivity (Wildman–Crippen MR) is 71.5 cm³/mol. The average molecular weight is 233 g/mol. The Hall–Kier alpha value is -1.18. The summed E-state index contributed by atoms with van der Waals surface area (Å²) in [5.41, 5.74) is 2.91. The summed E-state index contributed by atoms with van der Waals surface area (Å²) in [4.78, 5) is 16.0. The van der Waals surface area contributed by atoms with Gasteiger partial charge in [-0.3, -0.25) is 9.78 Å². The average Bonchev–Trinajstić information content (AvgIpc) is 2.34. The second-order valence-corrected chi connectivity index (χ2v) is 4.56. The summed E-state index contributed by atoms with van der Waals surface area (Å²) in [7, 11) is 0. The smallest absolute Gasteiger partial charge is 0.159 e. The topological polar surface area (TPSA) is 30.0 Å². The van der Waals surface area contributed by atoms with E-state index >= 15 is 0 Å². The van der Waals surface area contributed by atoms with Gasteiger partial charge >= 0.3 is 0 Å². The van der Waals surface area contributed by atoms with Crippen LogP contribution >= 0.6 is 0 Å². The fraction of sp³-hybridized carbons (Fsp3) is 0.600. The molecular formula is C15H23NO. The summed E-state index contributed by atoms with van der Waals surface area (Å²) >= 11 is 0. The Labute approximate surface area is 104 Å². The van der Waals surface area contributed by atoms with Gasteiger partial charge in [0.15, 0.2) is 5.78 Å². The number of pyridine rings is 1. The first-order chi connectivity index (χ1) is 8.17. The molecule has 0 saturated heterocycles. The minimum atomic E-state index is 0.136. The highest BCUT2D eigenvalue weighted by molar-refractivity contribution is 5.94. The molecule has 0 N–H and O–H groups in total. The van der Waals surface area contributed by atoms with E-state index in [0.717, 1.165) is 29.8 Å². The molecule has 0 aliphatic rings. The van der Waals surface area contributed by atoms with Crippen LogP contribution in [0.25, 0.3) is 0 Å². The molecule has 0 aromatic carbocycles. The molecule has 0 radical (unpaired) electrons. The van der Waals surface area contributed by atoms with Gasteiger partial charge < -0.3 is 0 Å². The van der Waals surface area contributed by atoms with E-state index in [1.807, 2.05) is 12.1 Å². The number of hydrogen-bond donors (Lipinski definition) is 0. The van der Waals surface area contributed by atoms with Gasteiger partial charge in [-0.2, -0.15) is 0 Å². The molecule has 0 unspecified atom stereocenters. The Bertz CT molecular complexity index is 371. The van der Waals surface area contributed by atoms with Gasteiger partial charge in [-0.25, -0.2) is 0 Å². The molecule has 0 saturated carbocycles. The lowest BCUT2D eigenvalue weighted by Crippen LogP contribution is -2.01. The Balaban J connectivity index is 2.70. The van der Waals surface area contributed by atoms with E-state index in [4.69, 9.17) is 0 Å². The summed E-state index contributed by atoms with van der Waals surface area (Å²) in [5.74, 6) is 0.136. The Kier molecular flexibility index (Phi) is 5.88. The van der Waals surface area contributed by atoms with Crippen LogP contribution in [0.3, 0.4) is 0 Å². The van der Waals surface area contributed by atoms with Crippen molar-refractivity contribution in [2.45, 2.75) is 59.3 Å². The largest absolute Gasteiger partial charge is 0.295 e. The molecule has 2 heteroatoms. The van der Waals surface area contributed by atoms with Crippen molar-refractivity contribution in [3.63, 3.8) is 0 Å². The number of ketones is 1. The number of aromatic nitrogens is 1. The van der Waals surface area contributed by atoms with Crippen LogP contribution in [-0.2, 0) is 12.8 Å². The Morgan fingerprint density at radius 2 is 1.82 bits per heavy atom. The van der Waals surface area contributed by atoms with Crippen LogP contribution in [0.15, 0.2) is 12.1 Å². The quantitative estimate of drug-likeness (QED) is 0.527. The highest BCUT2D eigenvalue weighted by Gasteiger charge is 2.05. The van der Waals surface area contributed by atoms with Gasteiger partial charge in [-0.15, -0.1) is 0 Å². The number of carbonyl (C=O) groups is 1. The fourth-order valence-corrected chi connectivity index (χ4v) is 1.90. The van der Waals surface area contributed by atoms with Crippen LogP contribution in [-0.4, -0.2) is 10.8 Å². The van der Waals surface area contributed by atoms with Gasteiger partial charge in [0.25, 0.3) is 0 Å². The Morgan fingerprint density at radius 3 is 2.41 bits per heavy atom. The summed E-state index contributed by atoms with van der Waals surface area (Å²) in [6, 6.07) is 3.87. The lowest BCUT2D eigenvalue weighted by Gasteiger charge is -2.06. The van der Waals surface area contributed by atoms with Crippen molar-refractivity contribution < 1.29 is 4.79 Å². The number of unbranched alkanes of at least 4 members (excludes halogenated alkanes) is 3. The maximum atomic E-state index is 11.4. The number of rotatable bonds is 7. The van der Waals surface area contributed by atoms with Gasteiger partial charge in [-0.1, -0.05) is 33.1 Å². The third-order valence-electron chi connectivity index (χ3n) is 2.99. The normalized spacial score (nSPS) is 10.5. The molecule has 0 amide bonds. The van der Waals surface area contributed by atoms with Crippen LogP contribution in [0.2, 0.25) is 0 Å². The number of nitrogens with zero attached hydrogens (tertiary/aromatic N) is 1. The van der Waals surface area contributed by atoms with Crippen molar-refractivity contribution >= 4 is 5.78 Å². The van der Waals surface area contributed by atoms with E-state index in [1.54, 1.807) is 6.92 Å². The third kappa shape index (κ3) is 4.68. The summed E-state index contributed by atoms with van der Waals surface area (Å²) in [6.07, 6.45) is 6.85. The van der Waals surface area contributed by atoms with Crippen molar-refractivity contribution in [1.82, 2.24) is 4.98 Å². The molecule has 0 bridgehead atoms. The van der Waals surface area contributed by atoms with Crippen molar-refractivity contribution in [2.75, 3.05) is 0 Å². The minimum absolute atomic E-state index is 0.136. The molecule has 94 valence electrons. The molecule has 0 aliphatic carbocycles. The molecule has 2 nitrogen and oxygen atoms in total. The van der Waals surface area contributed by atoms with Crippen molar-refractivity contribution in [3.05, 3.63) is 29.1 Å². The molecule has 0 spiro atoms. The molecule has 1 aromatic heterocycles. The summed E-state index contributed by atoms with van der Waals surface area (Å²) < 4.78 is 0. The molecule has 0 fully saturated rings. The number of aryl methyl sites for hydroxylation is 2. The highest BCUT2D eigenvalue weighted by atomic mass is 16.1. The maximum Gasteiger partial charge on any atom is 0.159 e. The van der Waals surface area contributed by atoms with E-state index < -0.39 is 0 Å². The first-order valence-electron chi connectivity index (χ1n) is 6.68. The second-order valence-electron chi connectivity index (χ2n) is 4.56. The summed E-state index contributed by atoms with van der Waals surface area (Å²) in [6.45, 7) is 5.91. The first kappa shape index (κ1) is 13.9.